The molecule has 0 aliphatic carbocycles. The van der Waals surface area contributed by atoms with E-state index in [0.29, 0.717) is 11.6 Å². The molecule has 0 bridgehead atoms. The maximum atomic E-state index is 7.74. The number of benzene rings is 5. The zero-order valence-corrected chi connectivity index (χ0v) is 37.6. The summed E-state index contributed by atoms with van der Waals surface area (Å²) in [7, 11) is -1.74. The Hall–Kier alpha value is -4.82. The Labute approximate surface area is 360 Å². The molecule has 0 aliphatic heterocycles. The number of para-hydroxylation sites is 2. The number of aryl methyl sites for hydroxylation is 2. The molecule has 0 atom stereocenters. The smallest absolute Gasteiger partial charge is 0.113 e. The van der Waals surface area contributed by atoms with Crippen molar-refractivity contribution in [2.24, 2.45) is 0 Å². The standard InChI is InChI=1S/C34H24N3S2.C15H18NSi.Ir/c1-19(2)21-13-14-22-24-15-16-28(20(3)31(24)38-30(22)18-21)37-29-12-5-4-11-27(29)36-33(37)26-9-6-8-23-25-10-7-17-35-34(25)39-32(23)26;1-12-15(17(2,3)4)11-10-14(16-12)13-8-6-5-7-9-13;/h4-8,10-19H,1-3H3;5-8,10-11H,1-4H3;/q2*-1;/i;1D3;. The van der Waals surface area contributed by atoms with Crippen molar-refractivity contribution in [3.8, 4) is 28.3 Å². The van der Waals surface area contributed by atoms with E-state index in [1.54, 1.807) is 17.4 Å². The molecule has 1 radical (unpaired) electrons. The van der Waals surface area contributed by atoms with Crippen LogP contribution in [0.3, 0.4) is 0 Å². The summed E-state index contributed by atoms with van der Waals surface area (Å²) in [4.78, 5) is 15.3. The van der Waals surface area contributed by atoms with Crippen molar-refractivity contribution in [1.29, 1.82) is 0 Å². The second-order valence-corrected chi connectivity index (χ2v) is 22.6. The van der Waals surface area contributed by atoms with Gasteiger partial charge in [0, 0.05) is 62.0 Å². The van der Waals surface area contributed by atoms with Crippen molar-refractivity contribution >= 4 is 87.4 Å². The molecule has 8 heteroatoms. The summed E-state index contributed by atoms with van der Waals surface area (Å²) in [5, 5.41) is 5.94. The topological polar surface area (TPSA) is 43.6 Å². The van der Waals surface area contributed by atoms with Crippen LogP contribution in [0.25, 0.3) is 79.8 Å². The number of hydrogen-bond donors (Lipinski definition) is 0. The number of fused-ring (bicyclic) bond motifs is 7. The average molecular weight is 974 g/mol. The molecule has 0 amide bonds. The Morgan fingerprint density at radius 1 is 0.754 bits per heavy atom. The first-order chi connectivity index (χ1) is 28.3. The summed E-state index contributed by atoms with van der Waals surface area (Å²) in [6.45, 7) is 11.0. The van der Waals surface area contributed by atoms with Gasteiger partial charge in [-0.2, -0.15) is 11.3 Å². The van der Waals surface area contributed by atoms with Crippen molar-refractivity contribution in [2.75, 3.05) is 0 Å². The number of hydrogen-bond acceptors (Lipinski definition) is 5. The molecule has 57 heavy (non-hydrogen) atoms. The van der Waals surface area contributed by atoms with Gasteiger partial charge in [0.15, 0.2) is 0 Å². The third-order valence-corrected chi connectivity index (χ3v) is 14.9. The van der Waals surface area contributed by atoms with E-state index in [1.165, 1.54) is 46.8 Å². The Morgan fingerprint density at radius 2 is 1.56 bits per heavy atom. The fourth-order valence-electron chi connectivity index (χ4n) is 7.53. The van der Waals surface area contributed by atoms with E-state index in [0.717, 1.165) is 43.7 Å². The van der Waals surface area contributed by atoms with Crippen LogP contribution in [0.4, 0.5) is 0 Å². The Bertz CT molecular complexity index is 3200. The third kappa shape index (κ3) is 7.08. The number of imidazole rings is 1. The van der Waals surface area contributed by atoms with Gasteiger partial charge in [0.25, 0.3) is 0 Å². The minimum absolute atomic E-state index is 0. The molecule has 5 aromatic carbocycles. The molecule has 0 aliphatic rings. The van der Waals surface area contributed by atoms with Gasteiger partial charge in [-0.3, -0.25) is 4.98 Å². The molecule has 4 nitrogen and oxygen atoms in total. The zero-order valence-electron chi connectivity index (χ0n) is 35.6. The summed E-state index contributed by atoms with van der Waals surface area (Å²) in [6, 6.07) is 46.2. The maximum Gasteiger partial charge on any atom is 0.113 e. The van der Waals surface area contributed by atoms with Gasteiger partial charge < -0.3 is 9.55 Å². The predicted octanol–water partition coefficient (Wildman–Crippen LogP) is 13.5. The first-order valence-electron chi connectivity index (χ1n) is 20.4. The minimum atomic E-state index is -2.18. The largest absolute Gasteiger partial charge is 0.333 e. The summed E-state index contributed by atoms with van der Waals surface area (Å²) in [5.41, 5.74) is 8.64. The van der Waals surface area contributed by atoms with Crippen LogP contribution in [-0.4, -0.2) is 27.6 Å². The molecule has 5 heterocycles. The molecule has 10 rings (SSSR count). The van der Waals surface area contributed by atoms with Crippen molar-refractivity contribution in [1.82, 2.24) is 19.5 Å². The van der Waals surface area contributed by atoms with Gasteiger partial charge in [0.1, 0.15) is 4.83 Å². The number of thiophene rings is 2. The van der Waals surface area contributed by atoms with Gasteiger partial charge in [0.05, 0.1) is 24.9 Å². The molecule has 0 unspecified atom stereocenters. The van der Waals surface area contributed by atoms with Gasteiger partial charge in [-0.15, -0.1) is 65.4 Å². The van der Waals surface area contributed by atoms with Crippen LogP contribution < -0.4 is 5.19 Å². The Balaban J connectivity index is 0.000000202. The second kappa shape index (κ2) is 15.5. The molecule has 0 saturated carbocycles. The SMILES string of the molecule is Cc1c(-n2c(-c3[c-]ccc4c3sc3ncccc34)nc3ccccc32)ccc2c1sc1cc(C(C)C)ccc12.[2H]C([2H])([2H])c1nc(-c2[c-]cccc2)ccc1[Si](C)(C)C.[Ir]. The third-order valence-electron chi connectivity index (χ3n) is 10.5. The minimum Gasteiger partial charge on any atom is -0.333 e. The molecular weight excluding hydrogens is 929 g/mol. The van der Waals surface area contributed by atoms with E-state index in [9.17, 15) is 0 Å². The summed E-state index contributed by atoms with van der Waals surface area (Å²) >= 11 is 3.61. The van der Waals surface area contributed by atoms with Crippen molar-refractivity contribution in [2.45, 2.75) is 53.2 Å². The normalized spacial score (nSPS) is 12.8. The van der Waals surface area contributed by atoms with Gasteiger partial charge >= 0.3 is 0 Å². The van der Waals surface area contributed by atoms with E-state index in [1.807, 2.05) is 60.0 Å². The van der Waals surface area contributed by atoms with Crippen LogP contribution in [0.5, 0.6) is 0 Å². The number of rotatable bonds is 5. The van der Waals surface area contributed by atoms with Crippen LogP contribution in [0.1, 0.15) is 40.7 Å². The van der Waals surface area contributed by atoms with E-state index in [2.05, 4.69) is 134 Å². The van der Waals surface area contributed by atoms with E-state index >= 15 is 0 Å². The van der Waals surface area contributed by atoms with E-state index in [4.69, 9.17) is 9.10 Å². The molecular formula is C49H42IrN4S2Si-2. The fourth-order valence-corrected chi connectivity index (χ4v) is 11.3. The fraction of sp³-hybridized carbons (Fsp3) is 0.163. The quantitative estimate of drug-likeness (QED) is 0.127. The Morgan fingerprint density at radius 3 is 2.35 bits per heavy atom. The van der Waals surface area contributed by atoms with Crippen LogP contribution in [0, 0.1) is 25.9 Å². The number of aromatic nitrogens is 4. The van der Waals surface area contributed by atoms with E-state index < -0.39 is 14.9 Å². The van der Waals surface area contributed by atoms with Crippen LogP contribution in [-0.2, 0) is 20.1 Å². The van der Waals surface area contributed by atoms with Crippen LogP contribution in [0.2, 0.25) is 19.6 Å². The summed E-state index contributed by atoms with van der Waals surface area (Å²) in [5.74, 6) is 1.43. The van der Waals surface area contributed by atoms with E-state index in [-0.39, 0.29) is 25.8 Å². The molecule has 0 saturated heterocycles. The number of nitrogens with zero attached hydrogens (tertiary/aromatic N) is 4. The number of pyridine rings is 2. The summed E-state index contributed by atoms with van der Waals surface area (Å²) in [6.07, 6.45) is 1.87. The van der Waals surface area contributed by atoms with Gasteiger partial charge in [0.2, 0.25) is 0 Å². The van der Waals surface area contributed by atoms with Crippen molar-refractivity contribution in [3.05, 3.63) is 150 Å². The molecule has 10 aromatic rings. The molecule has 0 fully saturated rings. The molecule has 285 valence electrons. The first kappa shape index (κ1) is 35.3. The predicted molar refractivity (Wildman–Crippen MR) is 244 cm³/mol. The zero-order chi connectivity index (χ0) is 41.2. The van der Waals surface area contributed by atoms with Crippen molar-refractivity contribution < 1.29 is 24.2 Å². The maximum absolute atomic E-state index is 7.74. The first-order valence-corrected chi connectivity index (χ1v) is 24.0. The summed E-state index contributed by atoms with van der Waals surface area (Å²) < 4.78 is 29.4. The molecule has 5 aromatic heterocycles. The second-order valence-electron chi connectivity index (χ2n) is 15.5. The van der Waals surface area contributed by atoms with Crippen molar-refractivity contribution in [3.63, 3.8) is 0 Å². The Kier molecular flexibility index (Phi) is 9.61. The van der Waals surface area contributed by atoms with Gasteiger partial charge in [-0.1, -0.05) is 93.0 Å². The van der Waals surface area contributed by atoms with Gasteiger partial charge in [-0.05, 0) is 82.1 Å². The molecule has 0 spiro atoms. The average Bonchev–Trinajstić information content (AvgIpc) is 3.92. The van der Waals surface area contributed by atoms with Crippen LogP contribution in [0.15, 0.2) is 121 Å². The van der Waals surface area contributed by atoms with Gasteiger partial charge in [-0.25, -0.2) is 4.98 Å². The van der Waals surface area contributed by atoms with Crippen LogP contribution >= 0.6 is 22.7 Å². The monoisotopic (exact) mass is 974 g/mol. The molecule has 0 N–H and O–H groups in total.